The summed E-state index contributed by atoms with van der Waals surface area (Å²) in [6.07, 6.45) is 5.94. The highest BCUT2D eigenvalue weighted by molar-refractivity contribution is 5.97. The van der Waals surface area contributed by atoms with Crippen molar-refractivity contribution in [3.05, 3.63) is 23.8 Å². The van der Waals surface area contributed by atoms with E-state index in [1.54, 1.807) is 4.90 Å². The number of nitrogens with zero attached hydrogens (tertiary/aromatic N) is 2. The van der Waals surface area contributed by atoms with E-state index in [0.29, 0.717) is 38.0 Å². The summed E-state index contributed by atoms with van der Waals surface area (Å²) in [6.45, 7) is 8.97. The number of rotatable bonds is 8. The maximum Gasteiger partial charge on any atom is 0.265 e. The molecule has 0 bridgehead atoms. The zero-order valence-corrected chi connectivity index (χ0v) is 18.1. The van der Waals surface area contributed by atoms with Crippen LogP contribution in [0.2, 0.25) is 0 Å². The van der Waals surface area contributed by atoms with Crippen molar-refractivity contribution in [3.63, 3.8) is 0 Å². The Morgan fingerprint density at radius 1 is 1.17 bits per heavy atom. The topological polar surface area (TPSA) is 61.9 Å². The van der Waals surface area contributed by atoms with Crippen LogP contribution >= 0.6 is 0 Å². The number of ether oxygens (including phenoxy) is 1. The van der Waals surface area contributed by atoms with E-state index in [9.17, 15) is 9.59 Å². The molecule has 6 heteroatoms. The SMILES string of the molecule is Cc1ccc2c(c1)N(CCCC(=O)NCCCN1[C@H](C)CCC[C@@H]1C)C(=O)CO2. The molecule has 1 aromatic carbocycles. The molecule has 0 aliphatic carbocycles. The molecule has 1 fully saturated rings. The number of amides is 2. The number of piperidine rings is 1. The minimum atomic E-state index is -0.0479. The van der Waals surface area contributed by atoms with Gasteiger partial charge in [0.1, 0.15) is 5.75 Å². The Morgan fingerprint density at radius 3 is 2.69 bits per heavy atom. The molecule has 3 rings (SSSR count). The number of benzene rings is 1. The van der Waals surface area contributed by atoms with Crippen LogP contribution in [0.4, 0.5) is 5.69 Å². The molecule has 29 heavy (non-hydrogen) atoms. The number of hydrogen-bond acceptors (Lipinski definition) is 4. The van der Waals surface area contributed by atoms with E-state index in [0.717, 1.165) is 30.0 Å². The maximum absolute atomic E-state index is 12.3. The van der Waals surface area contributed by atoms with E-state index in [1.165, 1.54) is 19.3 Å². The van der Waals surface area contributed by atoms with Crippen LogP contribution in [0.1, 0.15) is 57.9 Å². The first-order chi connectivity index (χ1) is 14.0. The van der Waals surface area contributed by atoms with Crippen molar-refractivity contribution in [1.29, 1.82) is 0 Å². The van der Waals surface area contributed by atoms with E-state index in [4.69, 9.17) is 4.74 Å². The molecule has 6 nitrogen and oxygen atoms in total. The van der Waals surface area contributed by atoms with Crippen molar-refractivity contribution < 1.29 is 14.3 Å². The second-order valence-corrected chi connectivity index (χ2v) is 8.48. The third-order valence-electron chi connectivity index (χ3n) is 6.13. The van der Waals surface area contributed by atoms with Gasteiger partial charge in [0.2, 0.25) is 5.91 Å². The van der Waals surface area contributed by atoms with Crippen molar-refractivity contribution in [2.45, 2.75) is 71.4 Å². The van der Waals surface area contributed by atoms with Gasteiger partial charge in [-0.05, 0) is 64.2 Å². The second kappa shape index (κ2) is 10.1. The minimum Gasteiger partial charge on any atom is -0.482 e. The van der Waals surface area contributed by atoms with Gasteiger partial charge >= 0.3 is 0 Å². The van der Waals surface area contributed by atoms with Gasteiger partial charge in [0.25, 0.3) is 5.91 Å². The van der Waals surface area contributed by atoms with Crippen LogP contribution in [0, 0.1) is 6.92 Å². The Balaban J connectivity index is 1.37. The zero-order chi connectivity index (χ0) is 20.8. The molecule has 0 unspecified atom stereocenters. The number of likely N-dealkylation sites (tertiary alicyclic amines) is 1. The van der Waals surface area contributed by atoms with Gasteiger partial charge in [-0.2, -0.15) is 0 Å². The molecule has 160 valence electrons. The fourth-order valence-electron chi connectivity index (χ4n) is 4.45. The van der Waals surface area contributed by atoms with E-state index in [-0.39, 0.29) is 18.4 Å². The first-order valence-electron chi connectivity index (χ1n) is 11.0. The molecule has 0 spiro atoms. The lowest BCUT2D eigenvalue weighted by Crippen LogP contribution is -2.44. The van der Waals surface area contributed by atoms with Gasteiger partial charge in [0.05, 0.1) is 5.69 Å². The molecule has 2 aliphatic rings. The third-order valence-corrected chi connectivity index (χ3v) is 6.13. The second-order valence-electron chi connectivity index (χ2n) is 8.48. The van der Waals surface area contributed by atoms with Gasteiger partial charge in [-0.1, -0.05) is 12.5 Å². The molecule has 1 N–H and O–H groups in total. The number of carbonyl (C=O) groups is 2. The summed E-state index contributed by atoms with van der Waals surface area (Å²) < 4.78 is 5.50. The molecule has 0 aromatic heterocycles. The van der Waals surface area contributed by atoms with E-state index < -0.39 is 0 Å². The molecule has 1 saturated heterocycles. The predicted molar refractivity (Wildman–Crippen MR) is 115 cm³/mol. The highest BCUT2D eigenvalue weighted by Gasteiger charge is 2.26. The van der Waals surface area contributed by atoms with Crippen LogP contribution in [0.3, 0.4) is 0 Å². The van der Waals surface area contributed by atoms with Gasteiger partial charge in [0, 0.05) is 38.1 Å². The number of nitrogens with one attached hydrogen (secondary N) is 1. The smallest absolute Gasteiger partial charge is 0.265 e. The highest BCUT2D eigenvalue weighted by Crippen LogP contribution is 2.33. The third kappa shape index (κ3) is 5.72. The molecule has 2 atom stereocenters. The van der Waals surface area contributed by atoms with Crippen LogP contribution in [0.15, 0.2) is 18.2 Å². The molecule has 2 heterocycles. The fourth-order valence-corrected chi connectivity index (χ4v) is 4.45. The number of anilines is 1. The monoisotopic (exact) mass is 401 g/mol. The lowest BCUT2D eigenvalue weighted by Gasteiger charge is -2.39. The molecular weight excluding hydrogens is 366 g/mol. The van der Waals surface area contributed by atoms with Gasteiger partial charge in [-0.3, -0.25) is 14.5 Å². The summed E-state index contributed by atoms with van der Waals surface area (Å²) in [5.74, 6) is 0.754. The van der Waals surface area contributed by atoms with E-state index in [2.05, 4.69) is 24.1 Å². The summed E-state index contributed by atoms with van der Waals surface area (Å²) in [5, 5.41) is 3.04. The summed E-state index contributed by atoms with van der Waals surface area (Å²) in [4.78, 5) is 28.8. The minimum absolute atomic E-state index is 0.0479. The standard InChI is InChI=1S/C23H35N3O3/c1-17-10-11-21-20(15-17)26(23(28)16-29-21)13-5-9-22(27)24-12-6-14-25-18(2)7-4-8-19(25)3/h10-11,15,18-19H,4-9,12-14,16H2,1-3H3,(H,24,27)/t18-,19+. The Morgan fingerprint density at radius 2 is 1.93 bits per heavy atom. The highest BCUT2D eigenvalue weighted by atomic mass is 16.5. The molecule has 2 aliphatic heterocycles. The average Bonchev–Trinajstić information content (AvgIpc) is 2.68. The molecule has 1 aromatic rings. The maximum atomic E-state index is 12.3. The molecule has 0 saturated carbocycles. The summed E-state index contributed by atoms with van der Waals surface area (Å²) in [5.41, 5.74) is 1.90. The molecular formula is C23H35N3O3. The van der Waals surface area contributed by atoms with E-state index >= 15 is 0 Å². The van der Waals surface area contributed by atoms with E-state index in [1.807, 2.05) is 25.1 Å². The fraction of sp³-hybridized carbons (Fsp3) is 0.652. The predicted octanol–water partition coefficient (Wildman–Crippen LogP) is 3.27. The van der Waals surface area contributed by atoms with Crippen LogP contribution in [0.25, 0.3) is 0 Å². The average molecular weight is 402 g/mol. The Labute approximate surface area is 174 Å². The zero-order valence-electron chi connectivity index (χ0n) is 18.1. The van der Waals surface area contributed by atoms with Gasteiger partial charge in [-0.15, -0.1) is 0 Å². The Hall–Kier alpha value is -2.08. The molecule has 2 amide bonds. The quantitative estimate of drug-likeness (QED) is 0.679. The van der Waals surface area contributed by atoms with Crippen molar-refractivity contribution in [3.8, 4) is 5.75 Å². The number of hydrogen-bond donors (Lipinski definition) is 1. The van der Waals surface area contributed by atoms with Crippen LogP contribution in [-0.2, 0) is 9.59 Å². The summed E-state index contributed by atoms with van der Waals surface area (Å²) >= 11 is 0. The van der Waals surface area contributed by atoms with Crippen molar-refractivity contribution in [2.24, 2.45) is 0 Å². The summed E-state index contributed by atoms with van der Waals surface area (Å²) in [7, 11) is 0. The van der Waals surface area contributed by atoms with Crippen molar-refractivity contribution in [2.75, 3.05) is 31.1 Å². The first-order valence-corrected chi connectivity index (χ1v) is 11.0. The van der Waals surface area contributed by atoms with Crippen molar-refractivity contribution in [1.82, 2.24) is 10.2 Å². The van der Waals surface area contributed by atoms with Crippen molar-refractivity contribution >= 4 is 17.5 Å². The van der Waals surface area contributed by atoms with Gasteiger partial charge in [0.15, 0.2) is 6.61 Å². The van der Waals surface area contributed by atoms with Gasteiger partial charge in [-0.25, -0.2) is 0 Å². The first kappa shape index (κ1) is 21.6. The number of aryl methyl sites for hydroxylation is 1. The molecule has 0 radical (unpaired) electrons. The Kier molecular flexibility index (Phi) is 7.53. The normalized spacial score (nSPS) is 22.2. The number of carbonyl (C=O) groups excluding carboxylic acids is 2. The lowest BCUT2D eigenvalue weighted by molar-refractivity contribution is -0.122. The number of fused-ring (bicyclic) bond motifs is 1. The van der Waals surface area contributed by atoms with Gasteiger partial charge < -0.3 is 15.0 Å². The van der Waals surface area contributed by atoms with Crippen LogP contribution in [-0.4, -0.2) is 55.0 Å². The van der Waals surface area contributed by atoms with Crippen LogP contribution in [0.5, 0.6) is 5.75 Å². The Bertz CT molecular complexity index is 711. The largest absolute Gasteiger partial charge is 0.482 e. The van der Waals surface area contributed by atoms with Crippen LogP contribution < -0.4 is 15.0 Å². The summed E-state index contributed by atoms with van der Waals surface area (Å²) in [6, 6.07) is 7.14. The lowest BCUT2D eigenvalue weighted by atomic mass is 9.97.